The molecule has 2 aliphatic rings. The van der Waals surface area contributed by atoms with Crippen molar-refractivity contribution < 1.29 is 14.0 Å². The van der Waals surface area contributed by atoms with Crippen LogP contribution in [0.3, 0.4) is 0 Å². The maximum Gasteiger partial charge on any atom is 0.224 e. The Morgan fingerprint density at radius 1 is 1.15 bits per heavy atom. The monoisotopic (exact) mass is 360 g/mol. The Bertz CT molecular complexity index is 626. The first-order valence-electron chi connectivity index (χ1n) is 9.95. The Kier molecular flexibility index (Phi) is 6.64. The van der Waals surface area contributed by atoms with Gasteiger partial charge in [-0.25, -0.2) is 4.39 Å². The molecule has 1 N–H and O–H groups in total. The van der Waals surface area contributed by atoms with E-state index in [9.17, 15) is 14.0 Å². The zero-order chi connectivity index (χ0) is 18.4. The van der Waals surface area contributed by atoms with Crippen LogP contribution in [0, 0.1) is 11.7 Å². The average Bonchev–Trinajstić information content (AvgIpc) is 2.91. The predicted molar refractivity (Wildman–Crippen MR) is 99.0 cm³/mol. The van der Waals surface area contributed by atoms with Crippen LogP contribution < -0.4 is 5.32 Å². The molecular formula is C21H29FN2O2. The maximum absolute atomic E-state index is 13.2. The number of hydrogen-bond acceptors (Lipinski definition) is 2. The number of piperidine rings is 1. The summed E-state index contributed by atoms with van der Waals surface area (Å²) in [6.07, 6.45) is 8.72. The number of carbonyl (C=O) groups excluding carboxylic acids is 2. The smallest absolute Gasteiger partial charge is 0.224 e. The predicted octanol–water partition coefficient (Wildman–Crippen LogP) is 3.45. The first-order valence-corrected chi connectivity index (χ1v) is 9.95. The molecule has 1 saturated heterocycles. The van der Waals surface area contributed by atoms with Crippen LogP contribution in [0.1, 0.15) is 56.9 Å². The van der Waals surface area contributed by atoms with Gasteiger partial charge in [-0.3, -0.25) is 9.59 Å². The molecule has 0 aromatic heterocycles. The molecule has 1 heterocycles. The van der Waals surface area contributed by atoms with Crippen LogP contribution in [-0.2, 0) is 16.0 Å². The van der Waals surface area contributed by atoms with E-state index < -0.39 is 0 Å². The van der Waals surface area contributed by atoms with E-state index in [-0.39, 0.29) is 23.5 Å². The summed E-state index contributed by atoms with van der Waals surface area (Å²) in [5, 5.41) is 2.97. The lowest BCUT2D eigenvalue weighted by Crippen LogP contribution is -2.50. The SMILES string of the molecule is O=C(NCCc1cccc(F)c1)[C@H]1CCC(=O)N(C2CCCCCC2)C1. The summed E-state index contributed by atoms with van der Waals surface area (Å²) in [6, 6.07) is 6.78. The van der Waals surface area contributed by atoms with Crippen LogP contribution in [0.5, 0.6) is 0 Å². The van der Waals surface area contributed by atoms with Crippen LogP contribution in [-0.4, -0.2) is 35.8 Å². The molecule has 142 valence electrons. The highest BCUT2D eigenvalue weighted by molar-refractivity contribution is 5.84. The van der Waals surface area contributed by atoms with Gasteiger partial charge in [0.1, 0.15) is 5.82 Å². The Labute approximate surface area is 155 Å². The van der Waals surface area contributed by atoms with Crippen molar-refractivity contribution in [2.75, 3.05) is 13.1 Å². The molecule has 1 aromatic rings. The third-order valence-corrected chi connectivity index (χ3v) is 5.68. The zero-order valence-corrected chi connectivity index (χ0v) is 15.4. The van der Waals surface area contributed by atoms with Crippen molar-refractivity contribution >= 4 is 11.8 Å². The van der Waals surface area contributed by atoms with Crippen molar-refractivity contribution in [2.45, 2.75) is 63.8 Å². The molecule has 0 spiro atoms. The number of likely N-dealkylation sites (tertiary alicyclic amines) is 1. The average molecular weight is 360 g/mol. The molecule has 4 nitrogen and oxygen atoms in total. The molecular weight excluding hydrogens is 331 g/mol. The van der Waals surface area contributed by atoms with Gasteiger partial charge in [-0.2, -0.15) is 0 Å². The van der Waals surface area contributed by atoms with Crippen molar-refractivity contribution in [2.24, 2.45) is 5.92 Å². The van der Waals surface area contributed by atoms with Gasteiger partial charge >= 0.3 is 0 Å². The lowest BCUT2D eigenvalue weighted by atomic mass is 9.93. The van der Waals surface area contributed by atoms with Gasteiger partial charge in [0.25, 0.3) is 0 Å². The van der Waals surface area contributed by atoms with Crippen LogP contribution in [0.25, 0.3) is 0 Å². The van der Waals surface area contributed by atoms with Gasteiger partial charge in [0.05, 0.1) is 5.92 Å². The molecule has 1 atom stereocenters. The van der Waals surface area contributed by atoms with Crippen LogP contribution in [0.2, 0.25) is 0 Å². The van der Waals surface area contributed by atoms with E-state index in [1.807, 2.05) is 11.0 Å². The third-order valence-electron chi connectivity index (χ3n) is 5.68. The maximum atomic E-state index is 13.2. The Balaban J connectivity index is 1.49. The fourth-order valence-electron chi connectivity index (χ4n) is 4.17. The largest absolute Gasteiger partial charge is 0.355 e. The lowest BCUT2D eigenvalue weighted by molar-refractivity contribution is -0.141. The molecule has 1 aromatic carbocycles. The quantitative estimate of drug-likeness (QED) is 0.818. The van der Waals surface area contributed by atoms with E-state index >= 15 is 0 Å². The van der Waals surface area contributed by atoms with Gasteiger partial charge in [0, 0.05) is 25.6 Å². The van der Waals surface area contributed by atoms with Crippen LogP contribution in [0.15, 0.2) is 24.3 Å². The number of halogens is 1. The Morgan fingerprint density at radius 2 is 1.92 bits per heavy atom. The first kappa shape index (κ1) is 18.9. The molecule has 5 heteroatoms. The molecule has 2 fully saturated rings. The first-order chi connectivity index (χ1) is 12.6. The molecule has 26 heavy (non-hydrogen) atoms. The number of benzene rings is 1. The summed E-state index contributed by atoms with van der Waals surface area (Å²) in [6.45, 7) is 1.05. The van der Waals surface area contributed by atoms with Gasteiger partial charge in [0.2, 0.25) is 11.8 Å². The van der Waals surface area contributed by atoms with E-state index in [0.29, 0.717) is 38.4 Å². The van der Waals surface area contributed by atoms with Gasteiger partial charge in [-0.15, -0.1) is 0 Å². The van der Waals surface area contributed by atoms with Gasteiger partial charge in [-0.05, 0) is 43.4 Å². The summed E-state index contributed by atoms with van der Waals surface area (Å²) in [5.41, 5.74) is 0.879. The van der Waals surface area contributed by atoms with Crippen molar-refractivity contribution in [3.63, 3.8) is 0 Å². The summed E-state index contributed by atoms with van der Waals surface area (Å²) in [7, 11) is 0. The molecule has 1 aliphatic carbocycles. The second-order valence-electron chi connectivity index (χ2n) is 7.60. The van der Waals surface area contributed by atoms with E-state index in [1.54, 1.807) is 6.07 Å². The standard InChI is InChI=1S/C21H29FN2O2/c22-18-7-5-6-16(14-18)12-13-23-21(26)17-10-11-20(25)24(15-17)19-8-3-1-2-4-9-19/h5-7,14,17,19H,1-4,8-13,15H2,(H,23,26)/t17-/m0/s1. The highest BCUT2D eigenvalue weighted by Gasteiger charge is 2.34. The Hall–Kier alpha value is -1.91. The summed E-state index contributed by atoms with van der Waals surface area (Å²) in [5.74, 6) is -0.143. The fourth-order valence-corrected chi connectivity index (χ4v) is 4.17. The van der Waals surface area contributed by atoms with Crippen molar-refractivity contribution in [3.05, 3.63) is 35.6 Å². The number of rotatable bonds is 5. The number of amides is 2. The number of nitrogens with zero attached hydrogens (tertiary/aromatic N) is 1. The van der Waals surface area contributed by atoms with Gasteiger partial charge in [-0.1, -0.05) is 37.8 Å². The van der Waals surface area contributed by atoms with Crippen molar-refractivity contribution in [1.29, 1.82) is 0 Å². The van der Waals surface area contributed by atoms with Crippen LogP contribution >= 0.6 is 0 Å². The van der Waals surface area contributed by atoms with E-state index in [4.69, 9.17) is 0 Å². The molecule has 3 rings (SSSR count). The highest BCUT2D eigenvalue weighted by atomic mass is 19.1. The lowest BCUT2D eigenvalue weighted by Gasteiger charge is -2.37. The number of nitrogens with one attached hydrogen (secondary N) is 1. The molecule has 0 unspecified atom stereocenters. The minimum atomic E-state index is -0.251. The van der Waals surface area contributed by atoms with Gasteiger partial charge in [0.15, 0.2) is 0 Å². The second kappa shape index (κ2) is 9.15. The number of carbonyl (C=O) groups is 2. The molecule has 1 saturated carbocycles. The minimum Gasteiger partial charge on any atom is -0.355 e. The molecule has 2 amide bonds. The zero-order valence-electron chi connectivity index (χ0n) is 15.4. The van der Waals surface area contributed by atoms with Crippen LogP contribution in [0.4, 0.5) is 4.39 Å². The highest BCUT2D eigenvalue weighted by Crippen LogP contribution is 2.27. The molecule has 0 radical (unpaired) electrons. The fraction of sp³-hybridized carbons (Fsp3) is 0.619. The summed E-state index contributed by atoms with van der Waals surface area (Å²) < 4.78 is 13.2. The second-order valence-corrected chi connectivity index (χ2v) is 7.60. The molecule has 0 bridgehead atoms. The summed E-state index contributed by atoms with van der Waals surface area (Å²) >= 11 is 0. The summed E-state index contributed by atoms with van der Waals surface area (Å²) in [4.78, 5) is 26.9. The van der Waals surface area contributed by atoms with E-state index in [2.05, 4.69) is 5.32 Å². The normalized spacial score (nSPS) is 22.1. The molecule has 1 aliphatic heterocycles. The van der Waals surface area contributed by atoms with E-state index in [1.165, 1.54) is 37.8 Å². The Morgan fingerprint density at radius 3 is 2.65 bits per heavy atom. The van der Waals surface area contributed by atoms with Crippen molar-refractivity contribution in [3.8, 4) is 0 Å². The third kappa shape index (κ3) is 5.05. The van der Waals surface area contributed by atoms with E-state index in [0.717, 1.165) is 18.4 Å². The number of hydrogen-bond donors (Lipinski definition) is 1. The topological polar surface area (TPSA) is 49.4 Å². The van der Waals surface area contributed by atoms with Gasteiger partial charge < -0.3 is 10.2 Å². The minimum absolute atomic E-state index is 0.0209. The van der Waals surface area contributed by atoms with Crippen molar-refractivity contribution in [1.82, 2.24) is 10.2 Å².